The smallest absolute Gasteiger partial charge is 0.222 e. The van der Waals surface area contributed by atoms with E-state index in [2.05, 4.69) is 24.1 Å². The Bertz CT molecular complexity index is 290. The summed E-state index contributed by atoms with van der Waals surface area (Å²) >= 11 is 0. The number of hydrogen-bond acceptors (Lipinski definition) is 3. The monoisotopic (exact) mass is 268 g/mol. The summed E-state index contributed by atoms with van der Waals surface area (Å²) in [7, 11) is 0. The number of hydrogen-bond donors (Lipinski definition) is 1. The molecule has 2 aliphatic rings. The molecule has 2 aliphatic heterocycles. The number of carbonyl (C=O) groups is 1. The summed E-state index contributed by atoms with van der Waals surface area (Å²) in [4.78, 5) is 14.1. The third kappa shape index (κ3) is 3.93. The maximum atomic E-state index is 12.0. The third-order valence-corrected chi connectivity index (χ3v) is 4.48. The molecule has 1 amide bonds. The minimum absolute atomic E-state index is 0.342. The molecule has 0 aromatic rings. The number of carbonyl (C=O) groups excluding carboxylic acids is 1. The molecule has 1 N–H and O–H groups in total. The molecule has 0 saturated carbocycles. The van der Waals surface area contributed by atoms with Crippen LogP contribution >= 0.6 is 0 Å². The molecular formula is C15H28N2O2. The molecule has 3 unspecified atom stereocenters. The van der Waals surface area contributed by atoms with Crippen LogP contribution in [0.25, 0.3) is 0 Å². The zero-order valence-corrected chi connectivity index (χ0v) is 12.4. The maximum absolute atomic E-state index is 12.0. The van der Waals surface area contributed by atoms with Crippen molar-refractivity contribution < 1.29 is 9.53 Å². The van der Waals surface area contributed by atoms with Gasteiger partial charge in [0.05, 0.1) is 6.61 Å². The molecule has 2 rings (SSSR count). The van der Waals surface area contributed by atoms with E-state index in [0.29, 0.717) is 23.8 Å². The van der Waals surface area contributed by atoms with Gasteiger partial charge >= 0.3 is 0 Å². The van der Waals surface area contributed by atoms with Crippen molar-refractivity contribution in [3.8, 4) is 0 Å². The quantitative estimate of drug-likeness (QED) is 0.763. The predicted octanol–water partition coefficient (Wildman–Crippen LogP) is 1.65. The lowest BCUT2D eigenvalue weighted by atomic mass is 9.98. The molecule has 110 valence electrons. The van der Waals surface area contributed by atoms with E-state index in [4.69, 9.17) is 4.74 Å². The van der Waals surface area contributed by atoms with E-state index in [1.54, 1.807) is 0 Å². The number of nitrogens with one attached hydrogen (secondary N) is 1. The fourth-order valence-corrected chi connectivity index (χ4v) is 3.12. The molecule has 0 radical (unpaired) electrons. The fourth-order valence-electron chi connectivity index (χ4n) is 3.12. The molecule has 2 fully saturated rings. The van der Waals surface area contributed by atoms with Crippen molar-refractivity contribution in [1.29, 1.82) is 0 Å². The van der Waals surface area contributed by atoms with Crippen LogP contribution in [0.1, 0.15) is 39.5 Å². The van der Waals surface area contributed by atoms with Gasteiger partial charge in [-0.05, 0) is 25.3 Å². The summed E-state index contributed by atoms with van der Waals surface area (Å²) in [6.07, 6.45) is 4.12. The molecular weight excluding hydrogens is 240 g/mol. The molecule has 0 bridgehead atoms. The molecule has 2 heterocycles. The maximum Gasteiger partial charge on any atom is 0.222 e. The van der Waals surface area contributed by atoms with Crippen molar-refractivity contribution in [2.45, 2.75) is 45.6 Å². The van der Waals surface area contributed by atoms with Crippen molar-refractivity contribution in [3.63, 3.8) is 0 Å². The SMILES string of the molecule is CCCNC(CN1CC(CC)CC1=O)C1CCOC1. The van der Waals surface area contributed by atoms with Crippen LogP contribution in [-0.2, 0) is 9.53 Å². The zero-order chi connectivity index (χ0) is 13.7. The fraction of sp³-hybridized carbons (Fsp3) is 0.933. The van der Waals surface area contributed by atoms with Crippen LogP contribution in [-0.4, -0.2) is 49.7 Å². The van der Waals surface area contributed by atoms with E-state index in [1.807, 2.05) is 0 Å². The number of nitrogens with zero attached hydrogens (tertiary/aromatic N) is 1. The molecule has 2 saturated heterocycles. The molecule has 4 nitrogen and oxygen atoms in total. The number of likely N-dealkylation sites (tertiary alicyclic amines) is 1. The zero-order valence-electron chi connectivity index (χ0n) is 12.4. The predicted molar refractivity (Wildman–Crippen MR) is 76.0 cm³/mol. The Hall–Kier alpha value is -0.610. The first kappa shape index (κ1) is 14.8. The van der Waals surface area contributed by atoms with Crippen molar-refractivity contribution in [2.24, 2.45) is 11.8 Å². The Balaban J connectivity index is 1.89. The first-order valence-corrected chi connectivity index (χ1v) is 7.83. The van der Waals surface area contributed by atoms with Gasteiger partial charge in [-0.15, -0.1) is 0 Å². The van der Waals surface area contributed by atoms with E-state index in [9.17, 15) is 4.79 Å². The molecule has 19 heavy (non-hydrogen) atoms. The topological polar surface area (TPSA) is 41.6 Å². The summed E-state index contributed by atoms with van der Waals surface area (Å²) in [5.74, 6) is 1.48. The van der Waals surface area contributed by atoms with Crippen LogP contribution in [0.15, 0.2) is 0 Å². The summed E-state index contributed by atoms with van der Waals surface area (Å²) in [6, 6.07) is 0.405. The van der Waals surface area contributed by atoms with Gasteiger partial charge < -0.3 is 15.0 Å². The summed E-state index contributed by atoms with van der Waals surface area (Å²) < 4.78 is 5.51. The van der Waals surface area contributed by atoms with Crippen LogP contribution in [0.3, 0.4) is 0 Å². The van der Waals surface area contributed by atoms with Gasteiger partial charge in [0.2, 0.25) is 5.91 Å². The largest absolute Gasteiger partial charge is 0.381 e. The van der Waals surface area contributed by atoms with Gasteiger partial charge in [-0.1, -0.05) is 20.3 Å². The number of rotatable bonds is 7. The minimum atomic E-state index is 0.342. The Morgan fingerprint density at radius 1 is 1.47 bits per heavy atom. The van der Waals surface area contributed by atoms with Crippen LogP contribution in [0.2, 0.25) is 0 Å². The van der Waals surface area contributed by atoms with Crippen LogP contribution in [0, 0.1) is 11.8 Å². The standard InChI is InChI=1S/C15H28N2O2/c1-3-6-16-14(13-5-7-19-11-13)10-17-9-12(4-2)8-15(17)18/h12-14,16H,3-11H2,1-2H3. The highest BCUT2D eigenvalue weighted by molar-refractivity contribution is 5.78. The van der Waals surface area contributed by atoms with Gasteiger partial charge in [-0.2, -0.15) is 0 Å². The molecule has 3 atom stereocenters. The van der Waals surface area contributed by atoms with Crippen molar-refractivity contribution in [3.05, 3.63) is 0 Å². The average Bonchev–Trinajstić information content (AvgIpc) is 3.04. The lowest BCUT2D eigenvalue weighted by Crippen LogP contribution is -2.46. The molecule has 4 heteroatoms. The third-order valence-electron chi connectivity index (χ3n) is 4.48. The van der Waals surface area contributed by atoms with Crippen molar-refractivity contribution >= 4 is 5.91 Å². The van der Waals surface area contributed by atoms with E-state index >= 15 is 0 Å². The Kier molecular flexibility index (Phi) is 5.64. The van der Waals surface area contributed by atoms with E-state index < -0.39 is 0 Å². The highest BCUT2D eigenvalue weighted by atomic mass is 16.5. The first-order chi connectivity index (χ1) is 9.24. The van der Waals surface area contributed by atoms with Gasteiger partial charge in [0.15, 0.2) is 0 Å². The minimum Gasteiger partial charge on any atom is -0.381 e. The molecule has 0 aromatic carbocycles. The second-order valence-electron chi connectivity index (χ2n) is 5.96. The number of amides is 1. The molecule has 0 aliphatic carbocycles. The van der Waals surface area contributed by atoms with Crippen molar-refractivity contribution in [2.75, 3.05) is 32.8 Å². The van der Waals surface area contributed by atoms with Crippen LogP contribution in [0.5, 0.6) is 0 Å². The van der Waals surface area contributed by atoms with E-state index in [-0.39, 0.29) is 0 Å². The van der Waals surface area contributed by atoms with E-state index in [1.165, 1.54) is 0 Å². The molecule has 0 spiro atoms. The lowest BCUT2D eigenvalue weighted by Gasteiger charge is -2.29. The number of ether oxygens (including phenoxy) is 1. The Morgan fingerprint density at radius 3 is 2.89 bits per heavy atom. The van der Waals surface area contributed by atoms with Gasteiger partial charge in [0, 0.05) is 38.1 Å². The van der Waals surface area contributed by atoms with Crippen LogP contribution in [0.4, 0.5) is 0 Å². The Morgan fingerprint density at radius 2 is 2.32 bits per heavy atom. The normalized spacial score (nSPS) is 29.2. The van der Waals surface area contributed by atoms with E-state index in [0.717, 1.165) is 58.5 Å². The Labute approximate surface area is 116 Å². The highest BCUT2D eigenvalue weighted by Gasteiger charge is 2.33. The average molecular weight is 268 g/mol. The summed E-state index contributed by atoms with van der Waals surface area (Å²) in [5.41, 5.74) is 0. The molecule has 0 aromatic heterocycles. The first-order valence-electron chi connectivity index (χ1n) is 7.83. The summed E-state index contributed by atoms with van der Waals surface area (Å²) in [6.45, 7) is 8.93. The highest BCUT2D eigenvalue weighted by Crippen LogP contribution is 2.23. The van der Waals surface area contributed by atoms with Crippen molar-refractivity contribution in [1.82, 2.24) is 10.2 Å². The second-order valence-corrected chi connectivity index (χ2v) is 5.96. The van der Waals surface area contributed by atoms with Gasteiger partial charge in [0.25, 0.3) is 0 Å². The van der Waals surface area contributed by atoms with Crippen LogP contribution < -0.4 is 5.32 Å². The lowest BCUT2D eigenvalue weighted by molar-refractivity contribution is -0.128. The second kappa shape index (κ2) is 7.25. The van der Waals surface area contributed by atoms with Gasteiger partial charge in [0.1, 0.15) is 0 Å². The van der Waals surface area contributed by atoms with Gasteiger partial charge in [-0.25, -0.2) is 0 Å². The van der Waals surface area contributed by atoms with Gasteiger partial charge in [-0.3, -0.25) is 4.79 Å². The summed E-state index contributed by atoms with van der Waals surface area (Å²) in [5, 5.41) is 3.62.